The van der Waals surface area contributed by atoms with Gasteiger partial charge in [0.2, 0.25) is 0 Å². The molecule has 0 unspecified atom stereocenters. The molecule has 2 aromatic rings. The molecule has 1 heterocycles. The zero-order valence-corrected chi connectivity index (χ0v) is 12.7. The number of benzene rings is 2. The van der Waals surface area contributed by atoms with E-state index in [9.17, 15) is 0 Å². The Balaban J connectivity index is 2.28. The van der Waals surface area contributed by atoms with Crippen LogP contribution in [0, 0.1) is 0 Å². The van der Waals surface area contributed by atoms with E-state index >= 15 is 0 Å². The van der Waals surface area contributed by atoms with Gasteiger partial charge >= 0.3 is 116 Å². The van der Waals surface area contributed by atoms with Gasteiger partial charge in [0.1, 0.15) is 0 Å². The zero-order valence-electron chi connectivity index (χ0n) is 11.8. The van der Waals surface area contributed by atoms with Crippen LogP contribution in [-0.2, 0) is 0 Å². The summed E-state index contributed by atoms with van der Waals surface area (Å²) in [5.41, 5.74) is 0. The van der Waals surface area contributed by atoms with Crippen LogP contribution in [0.2, 0.25) is 0 Å². The fourth-order valence-electron chi connectivity index (χ4n) is 4.08. The van der Waals surface area contributed by atoms with Crippen molar-refractivity contribution in [2.24, 2.45) is 0 Å². The number of rotatable bonds is 3. The monoisotopic (exact) mass is 270 g/mol. The van der Waals surface area contributed by atoms with Gasteiger partial charge in [0.25, 0.3) is 0 Å². The summed E-state index contributed by atoms with van der Waals surface area (Å²) in [7, 11) is 0. The van der Waals surface area contributed by atoms with Crippen LogP contribution in [0.15, 0.2) is 60.7 Å². The van der Waals surface area contributed by atoms with E-state index in [0.29, 0.717) is 0 Å². The van der Waals surface area contributed by atoms with Crippen molar-refractivity contribution in [1.29, 1.82) is 0 Å². The van der Waals surface area contributed by atoms with Crippen LogP contribution < -0.4 is 10.6 Å². The predicted octanol–water partition coefficient (Wildman–Crippen LogP) is 4.00. The van der Waals surface area contributed by atoms with Crippen molar-refractivity contribution < 1.29 is 0 Å². The van der Waals surface area contributed by atoms with Gasteiger partial charge in [-0.1, -0.05) is 0 Å². The topological polar surface area (TPSA) is 0 Å². The van der Waals surface area contributed by atoms with E-state index in [1.54, 1.807) is 10.6 Å². The van der Waals surface area contributed by atoms with Crippen molar-refractivity contribution >= 4 is 17.2 Å². The van der Waals surface area contributed by atoms with Gasteiger partial charge in [-0.2, -0.15) is 0 Å². The normalized spacial score (nSPS) is 22.5. The van der Waals surface area contributed by atoms with E-state index in [2.05, 4.69) is 67.6 Å². The molecule has 19 heavy (non-hydrogen) atoms. The van der Waals surface area contributed by atoms with Gasteiger partial charge in [-0.05, 0) is 0 Å². The average Bonchev–Trinajstić information content (AvgIpc) is 2.97. The zero-order chi connectivity index (χ0) is 13.2. The molecule has 1 fully saturated rings. The molecule has 3 rings (SSSR count). The molecule has 0 spiro atoms. The molecule has 0 radical (unpaired) electrons. The molecule has 2 aromatic carbocycles. The van der Waals surface area contributed by atoms with Crippen molar-refractivity contribution in [3.05, 3.63) is 60.7 Å². The van der Waals surface area contributed by atoms with E-state index in [4.69, 9.17) is 0 Å². The summed E-state index contributed by atoms with van der Waals surface area (Å²) in [4.78, 5) is 0. The van der Waals surface area contributed by atoms with Gasteiger partial charge in [0.15, 0.2) is 0 Å². The van der Waals surface area contributed by atoms with Crippen molar-refractivity contribution in [2.45, 2.75) is 19.8 Å². The molecule has 1 aliphatic rings. The fourth-order valence-corrected chi connectivity index (χ4v) is 10.9. The van der Waals surface area contributed by atoms with Gasteiger partial charge in [0, 0.05) is 0 Å². The first-order valence-corrected chi connectivity index (χ1v) is 10.2. The molecule has 0 amide bonds. The summed E-state index contributed by atoms with van der Waals surface area (Å²) in [5, 5.41) is 3.28. The SMILES string of the molecule is CCP1(c2ccccc2)(c2ccccc2)CCCC1. The van der Waals surface area contributed by atoms with Gasteiger partial charge in [0.05, 0.1) is 0 Å². The van der Waals surface area contributed by atoms with Crippen LogP contribution in [0.3, 0.4) is 0 Å². The molecule has 100 valence electrons. The molecule has 0 atom stereocenters. The summed E-state index contributed by atoms with van der Waals surface area (Å²) in [6.07, 6.45) is 6.94. The fraction of sp³-hybridized carbons (Fsp3) is 0.333. The van der Waals surface area contributed by atoms with E-state index in [0.717, 1.165) is 0 Å². The molecular formula is C18H23P. The first kappa shape index (κ1) is 12.9. The molecule has 0 aromatic heterocycles. The summed E-state index contributed by atoms with van der Waals surface area (Å²) in [6, 6.07) is 22.7. The third kappa shape index (κ3) is 1.77. The van der Waals surface area contributed by atoms with Crippen LogP contribution in [0.25, 0.3) is 0 Å². The van der Waals surface area contributed by atoms with E-state index < -0.39 is 6.60 Å². The minimum absolute atomic E-state index is 1.32. The molecule has 0 N–H and O–H groups in total. The number of hydrogen-bond donors (Lipinski definition) is 0. The second-order valence-corrected chi connectivity index (χ2v) is 11.9. The van der Waals surface area contributed by atoms with Crippen molar-refractivity contribution in [3.63, 3.8) is 0 Å². The van der Waals surface area contributed by atoms with Gasteiger partial charge in [-0.3, -0.25) is 0 Å². The van der Waals surface area contributed by atoms with Gasteiger partial charge in [-0.25, -0.2) is 0 Å². The van der Waals surface area contributed by atoms with Crippen molar-refractivity contribution in [2.75, 3.05) is 18.5 Å². The molecule has 1 aliphatic heterocycles. The Kier molecular flexibility index (Phi) is 3.23. The Morgan fingerprint density at radius 3 is 1.53 bits per heavy atom. The van der Waals surface area contributed by atoms with E-state index in [1.807, 2.05) is 0 Å². The van der Waals surface area contributed by atoms with Gasteiger partial charge in [-0.15, -0.1) is 0 Å². The van der Waals surface area contributed by atoms with Crippen LogP contribution in [0.4, 0.5) is 0 Å². The first-order valence-electron chi connectivity index (χ1n) is 7.42. The molecule has 0 bridgehead atoms. The molecular weight excluding hydrogens is 247 g/mol. The van der Waals surface area contributed by atoms with Crippen LogP contribution in [-0.4, -0.2) is 18.5 Å². The Hall–Kier alpha value is -1.13. The molecule has 1 saturated heterocycles. The summed E-state index contributed by atoms with van der Waals surface area (Å²) in [6.45, 7) is 0.521. The Morgan fingerprint density at radius 2 is 1.16 bits per heavy atom. The molecule has 0 saturated carbocycles. The second kappa shape index (κ2) is 4.76. The van der Waals surface area contributed by atoms with Crippen LogP contribution >= 0.6 is 6.60 Å². The van der Waals surface area contributed by atoms with Gasteiger partial charge < -0.3 is 0 Å². The summed E-state index contributed by atoms with van der Waals surface area (Å²) < 4.78 is 0. The van der Waals surface area contributed by atoms with Crippen molar-refractivity contribution in [3.8, 4) is 0 Å². The average molecular weight is 270 g/mol. The standard InChI is InChI=1S/C18H23P/c1-2-19(15-9-10-16-19,17-11-5-3-6-12-17)18-13-7-4-8-14-18/h3-8,11-14H,2,9-10,15-16H2,1H3. The first-order chi connectivity index (χ1) is 9.31. The van der Waals surface area contributed by atoms with Crippen molar-refractivity contribution in [1.82, 2.24) is 0 Å². The quantitative estimate of drug-likeness (QED) is 0.739. The Morgan fingerprint density at radius 1 is 0.737 bits per heavy atom. The summed E-state index contributed by atoms with van der Waals surface area (Å²) >= 11 is 0. The maximum absolute atomic E-state index is 2.42. The molecule has 0 aliphatic carbocycles. The third-order valence-corrected chi connectivity index (χ3v) is 12.9. The van der Waals surface area contributed by atoms with Crippen LogP contribution in [0.5, 0.6) is 0 Å². The number of hydrogen-bond acceptors (Lipinski definition) is 0. The Bertz CT molecular complexity index is 495. The summed E-state index contributed by atoms with van der Waals surface area (Å²) in [5.74, 6) is 0. The van der Waals surface area contributed by atoms with E-state index in [-0.39, 0.29) is 0 Å². The predicted molar refractivity (Wildman–Crippen MR) is 88.6 cm³/mol. The minimum atomic E-state index is -1.90. The van der Waals surface area contributed by atoms with Crippen LogP contribution in [0.1, 0.15) is 19.8 Å². The second-order valence-electron chi connectivity index (χ2n) is 5.87. The van der Waals surface area contributed by atoms with E-state index in [1.165, 1.54) is 31.3 Å². The molecule has 0 nitrogen and oxygen atoms in total. The molecule has 1 heteroatoms. The maximum atomic E-state index is 2.42. The third-order valence-electron chi connectivity index (χ3n) is 5.28. The Labute approximate surface area is 116 Å².